The van der Waals surface area contributed by atoms with E-state index in [0.29, 0.717) is 28.7 Å². The van der Waals surface area contributed by atoms with Crippen LogP contribution in [0.25, 0.3) is 0 Å². The molecule has 8 nitrogen and oxygen atoms in total. The van der Waals surface area contributed by atoms with Crippen LogP contribution in [0.4, 0.5) is 15.8 Å². The van der Waals surface area contributed by atoms with Crippen molar-refractivity contribution in [2.24, 2.45) is 5.92 Å². The highest BCUT2D eigenvalue weighted by Gasteiger charge is 2.56. The summed E-state index contributed by atoms with van der Waals surface area (Å²) in [7, 11) is 3.87. The van der Waals surface area contributed by atoms with E-state index in [9.17, 15) is 23.6 Å². The minimum Gasteiger partial charge on any atom is -0.378 e. The van der Waals surface area contributed by atoms with Gasteiger partial charge >= 0.3 is 4.87 Å². The first-order valence-corrected chi connectivity index (χ1v) is 15.0. The molecule has 4 heterocycles. The molecule has 2 aromatic carbocycles. The maximum Gasteiger partial charge on any atom is 0.308 e. The summed E-state index contributed by atoms with van der Waals surface area (Å²) in [4.78, 5) is 59.5. The van der Waals surface area contributed by atoms with Crippen LogP contribution in [0.15, 0.2) is 58.4 Å². The number of imide groups is 1. The Labute approximate surface area is 239 Å². The molecule has 0 radical (unpaired) electrons. The van der Waals surface area contributed by atoms with E-state index in [1.165, 1.54) is 40.6 Å². The standard InChI is InChI=1S/C29H29FN4O4S2/c1-31(2)19-10-6-17(7-11-19)22-23-24(27(37)34(26(23)36)20-12-8-18(30)9-13-20)39-28-25(22)40-29(38)33(28)16-21(35)32-14-4-3-5-15-32/h6-13,22-24H,3-5,14-16H2,1-2H3. The monoisotopic (exact) mass is 580 g/mol. The van der Waals surface area contributed by atoms with E-state index in [2.05, 4.69) is 0 Å². The smallest absolute Gasteiger partial charge is 0.308 e. The van der Waals surface area contributed by atoms with Crippen molar-refractivity contribution in [1.82, 2.24) is 9.47 Å². The topological polar surface area (TPSA) is 82.9 Å². The second kappa shape index (κ2) is 10.5. The van der Waals surface area contributed by atoms with Crippen LogP contribution in [0.2, 0.25) is 0 Å². The summed E-state index contributed by atoms with van der Waals surface area (Å²) in [6.07, 6.45) is 2.98. The zero-order valence-electron chi connectivity index (χ0n) is 22.2. The van der Waals surface area contributed by atoms with Crippen LogP contribution >= 0.6 is 23.1 Å². The van der Waals surface area contributed by atoms with Gasteiger partial charge in [-0.05, 0) is 61.2 Å². The second-order valence-corrected chi connectivity index (χ2v) is 12.7. The third-order valence-electron chi connectivity index (χ3n) is 7.90. The lowest BCUT2D eigenvalue weighted by atomic mass is 9.83. The van der Waals surface area contributed by atoms with Gasteiger partial charge in [0, 0.05) is 43.7 Å². The van der Waals surface area contributed by atoms with Crippen molar-refractivity contribution >= 4 is 52.2 Å². The third-order valence-corrected chi connectivity index (χ3v) is 10.5. The van der Waals surface area contributed by atoms with E-state index in [1.807, 2.05) is 43.3 Å². The van der Waals surface area contributed by atoms with Gasteiger partial charge < -0.3 is 9.80 Å². The molecule has 2 saturated heterocycles. The second-order valence-electron chi connectivity index (χ2n) is 10.6. The molecule has 1 aromatic heterocycles. The number of amides is 3. The summed E-state index contributed by atoms with van der Waals surface area (Å²) in [5, 5.41) is -0.209. The van der Waals surface area contributed by atoms with Gasteiger partial charge in [0.1, 0.15) is 17.6 Å². The summed E-state index contributed by atoms with van der Waals surface area (Å²) < 4.78 is 15.1. The number of hydrogen-bond acceptors (Lipinski definition) is 7. The number of piperidine rings is 1. The number of hydrogen-bond donors (Lipinski definition) is 0. The Kier molecular flexibility index (Phi) is 7.03. The van der Waals surface area contributed by atoms with E-state index < -0.39 is 28.8 Å². The summed E-state index contributed by atoms with van der Waals surface area (Å²) in [6.45, 7) is 1.27. The fourth-order valence-corrected chi connectivity index (χ4v) is 8.59. The average Bonchev–Trinajstić information content (AvgIpc) is 3.40. The van der Waals surface area contributed by atoms with Crippen molar-refractivity contribution in [1.29, 1.82) is 0 Å². The first-order valence-electron chi connectivity index (χ1n) is 13.3. The van der Waals surface area contributed by atoms with E-state index in [-0.39, 0.29) is 23.2 Å². The predicted octanol–water partition coefficient (Wildman–Crippen LogP) is 3.92. The number of rotatable bonds is 5. The number of thioether (sulfide) groups is 1. The Morgan fingerprint density at radius 2 is 1.62 bits per heavy atom. The van der Waals surface area contributed by atoms with Gasteiger partial charge in [0.2, 0.25) is 17.7 Å². The van der Waals surface area contributed by atoms with Crippen molar-refractivity contribution in [3.63, 3.8) is 0 Å². The summed E-state index contributed by atoms with van der Waals surface area (Å²) >= 11 is 2.24. The molecule has 3 amide bonds. The lowest BCUT2D eigenvalue weighted by Gasteiger charge is -2.31. The van der Waals surface area contributed by atoms with Gasteiger partial charge in [0.05, 0.1) is 16.6 Å². The Morgan fingerprint density at radius 3 is 2.27 bits per heavy atom. The molecule has 0 bridgehead atoms. The van der Waals surface area contributed by atoms with Crippen LogP contribution in [0, 0.1) is 11.7 Å². The number of thiazole rings is 1. The van der Waals surface area contributed by atoms with Gasteiger partial charge in [0.25, 0.3) is 0 Å². The number of carbonyl (C=O) groups excluding carboxylic acids is 3. The van der Waals surface area contributed by atoms with Crippen LogP contribution in [-0.2, 0) is 20.9 Å². The van der Waals surface area contributed by atoms with Crippen molar-refractivity contribution in [3.8, 4) is 0 Å². The molecule has 40 heavy (non-hydrogen) atoms. The molecule has 3 unspecified atom stereocenters. The van der Waals surface area contributed by atoms with Crippen LogP contribution in [-0.4, -0.2) is 59.6 Å². The van der Waals surface area contributed by atoms with Crippen molar-refractivity contribution in [2.75, 3.05) is 37.0 Å². The number of likely N-dealkylation sites (tertiary alicyclic amines) is 1. The number of carbonyl (C=O) groups is 3. The number of benzene rings is 2. The molecule has 0 N–H and O–H groups in total. The maximum absolute atomic E-state index is 13.9. The van der Waals surface area contributed by atoms with Crippen LogP contribution < -0.4 is 14.7 Å². The van der Waals surface area contributed by atoms with E-state index in [0.717, 1.165) is 46.7 Å². The molecule has 3 aromatic rings. The lowest BCUT2D eigenvalue weighted by molar-refractivity contribution is -0.133. The normalized spacial score (nSPS) is 22.3. The minimum atomic E-state index is -0.783. The number of halogens is 1. The number of fused-ring (bicyclic) bond motifs is 2. The molecule has 3 atom stereocenters. The quantitative estimate of drug-likeness (QED) is 0.426. The van der Waals surface area contributed by atoms with Gasteiger partial charge in [0.15, 0.2) is 0 Å². The average molecular weight is 581 g/mol. The first-order chi connectivity index (χ1) is 19.2. The SMILES string of the molecule is CN(C)c1ccc(C2c3sc(=O)n(CC(=O)N4CCCCC4)c3SC3C(=O)N(c4ccc(F)cc4)C(=O)C32)cc1. The molecular formula is C29H29FN4O4S2. The van der Waals surface area contributed by atoms with Gasteiger partial charge in [-0.25, -0.2) is 9.29 Å². The molecule has 3 aliphatic heterocycles. The predicted molar refractivity (Wildman–Crippen MR) is 154 cm³/mol. The van der Waals surface area contributed by atoms with E-state index in [4.69, 9.17) is 0 Å². The Balaban J connectivity index is 1.43. The van der Waals surface area contributed by atoms with Gasteiger partial charge in [-0.3, -0.25) is 23.7 Å². The zero-order valence-corrected chi connectivity index (χ0v) is 23.8. The number of anilines is 2. The van der Waals surface area contributed by atoms with Crippen LogP contribution in [0.3, 0.4) is 0 Å². The Hall–Kier alpha value is -3.44. The molecule has 0 saturated carbocycles. The highest BCUT2D eigenvalue weighted by molar-refractivity contribution is 8.00. The maximum atomic E-state index is 13.9. The molecular weight excluding hydrogens is 551 g/mol. The third kappa shape index (κ3) is 4.54. The fraction of sp³-hybridized carbons (Fsp3) is 0.379. The lowest BCUT2D eigenvalue weighted by Crippen LogP contribution is -2.39. The van der Waals surface area contributed by atoms with Gasteiger partial charge in [-0.2, -0.15) is 0 Å². The van der Waals surface area contributed by atoms with Crippen LogP contribution in [0.1, 0.15) is 35.6 Å². The van der Waals surface area contributed by atoms with Crippen LogP contribution in [0.5, 0.6) is 0 Å². The van der Waals surface area contributed by atoms with Gasteiger partial charge in [-0.1, -0.05) is 35.2 Å². The first kappa shape index (κ1) is 26.8. The number of aromatic nitrogens is 1. The molecule has 0 spiro atoms. The Morgan fingerprint density at radius 1 is 0.950 bits per heavy atom. The highest BCUT2D eigenvalue weighted by Crippen LogP contribution is 2.54. The minimum absolute atomic E-state index is 0.0921. The van der Waals surface area contributed by atoms with E-state index in [1.54, 1.807) is 4.90 Å². The molecule has 3 aliphatic rings. The van der Waals surface area contributed by atoms with Crippen molar-refractivity contribution < 1.29 is 18.8 Å². The summed E-state index contributed by atoms with van der Waals surface area (Å²) in [5.74, 6) is -2.64. The number of nitrogens with zero attached hydrogens (tertiary/aromatic N) is 4. The largest absolute Gasteiger partial charge is 0.378 e. The van der Waals surface area contributed by atoms with Crippen molar-refractivity contribution in [2.45, 2.75) is 42.0 Å². The summed E-state index contributed by atoms with van der Waals surface area (Å²) in [5.41, 5.74) is 2.11. The van der Waals surface area contributed by atoms with Crippen molar-refractivity contribution in [3.05, 3.63) is 74.5 Å². The molecule has 6 rings (SSSR count). The zero-order chi connectivity index (χ0) is 28.1. The van der Waals surface area contributed by atoms with Gasteiger partial charge in [-0.15, -0.1) is 0 Å². The molecule has 208 valence electrons. The molecule has 2 fully saturated rings. The molecule has 11 heteroatoms. The van der Waals surface area contributed by atoms with E-state index >= 15 is 0 Å². The summed E-state index contributed by atoms with van der Waals surface area (Å²) in [6, 6.07) is 13.1. The molecule has 0 aliphatic carbocycles. The fourth-order valence-electron chi connectivity index (χ4n) is 5.82. The Bertz CT molecular complexity index is 1530. The highest BCUT2D eigenvalue weighted by atomic mass is 32.2.